The molecule has 0 aliphatic heterocycles. The van der Waals surface area contributed by atoms with Crippen LogP contribution in [0.25, 0.3) is 16.8 Å². The molecule has 0 radical (unpaired) electrons. The third-order valence-electron chi connectivity index (χ3n) is 5.41. The Morgan fingerprint density at radius 3 is 2.59 bits per heavy atom. The third kappa shape index (κ3) is 4.06. The van der Waals surface area contributed by atoms with E-state index in [4.69, 9.17) is 13.9 Å². The van der Waals surface area contributed by atoms with E-state index in [0.29, 0.717) is 34.5 Å². The second kappa shape index (κ2) is 8.70. The smallest absolute Gasteiger partial charge is 0.291 e. The number of methoxy groups -OCH3 is 1. The number of aryl methyl sites for hydroxylation is 1. The first-order valence-corrected chi connectivity index (χ1v) is 10.5. The molecule has 3 aromatic heterocycles. The number of amides is 1. The fraction of sp³-hybridized carbons (Fsp3) is 0.120. The summed E-state index contributed by atoms with van der Waals surface area (Å²) in [4.78, 5) is 25.4. The Kier molecular flexibility index (Phi) is 5.43. The van der Waals surface area contributed by atoms with Crippen molar-refractivity contribution in [3.8, 4) is 23.2 Å². The largest absolute Gasteiger partial charge is 0.493 e. The fourth-order valence-corrected chi connectivity index (χ4v) is 3.48. The number of furan rings is 1. The summed E-state index contributed by atoms with van der Waals surface area (Å²) in [6.07, 6.45) is 3.16. The lowest BCUT2D eigenvalue weighted by Crippen LogP contribution is -2.10. The Hall–Kier alpha value is -4.66. The van der Waals surface area contributed by atoms with E-state index in [-0.39, 0.29) is 11.7 Å². The molecular formula is C25H21N5O4. The van der Waals surface area contributed by atoms with Crippen LogP contribution in [0.15, 0.2) is 71.7 Å². The molecule has 1 N–H and O–H groups in total. The van der Waals surface area contributed by atoms with Gasteiger partial charge in [0.25, 0.3) is 5.91 Å². The van der Waals surface area contributed by atoms with Crippen LogP contribution < -0.4 is 14.8 Å². The van der Waals surface area contributed by atoms with Crippen molar-refractivity contribution >= 4 is 22.6 Å². The van der Waals surface area contributed by atoms with Gasteiger partial charge in [0, 0.05) is 22.8 Å². The molecule has 3 heterocycles. The summed E-state index contributed by atoms with van der Waals surface area (Å²) in [6.45, 7) is 3.91. The van der Waals surface area contributed by atoms with E-state index in [1.54, 1.807) is 55.9 Å². The van der Waals surface area contributed by atoms with Crippen LogP contribution in [0.3, 0.4) is 0 Å². The van der Waals surface area contributed by atoms with E-state index in [1.807, 2.05) is 30.5 Å². The molecule has 0 atom stereocenters. The molecule has 0 fully saturated rings. The van der Waals surface area contributed by atoms with Crippen LogP contribution in [0.1, 0.15) is 21.9 Å². The monoisotopic (exact) mass is 455 g/mol. The van der Waals surface area contributed by atoms with Gasteiger partial charge in [-0.1, -0.05) is 12.1 Å². The summed E-state index contributed by atoms with van der Waals surface area (Å²) in [7, 11) is 1.56. The first kappa shape index (κ1) is 21.2. The summed E-state index contributed by atoms with van der Waals surface area (Å²) in [6, 6.07) is 15.9. The van der Waals surface area contributed by atoms with Gasteiger partial charge in [-0.05, 0) is 50.2 Å². The van der Waals surface area contributed by atoms with Crippen molar-refractivity contribution < 1.29 is 18.7 Å². The highest BCUT2D eigenvalue weighted by molar-refractivity contribution is 6.05. The van der Waals surface area contributed by atoms with Gasteiger partial charge >= 0.3 is 0 Å². The molecule has 5 rings (SSSR count). The van der Waals surface area contributed by atoms with Gasteiger partial charge in [0.2, 0.25) is 5.88 Å². The Morgan fingerprint density at radius 2 is 1.85 bits per heavy atom. The molecule has 9 heteroatoms. The maximum absolute atomic E-state index is 12.7. The number of rotatable bonds is 6. The van der Waals surface area contributed by atoms with Crippen LogP contribution in [0.2, 0.25) is 0 Å². The number of hydrogen-bond acceptors (Lipinski definition) is 7. The first-order chi connectivity index (χ1) is 16.5. The number of carbonyl (C=O) groups excluding carboxylic acids is 1. The van der Waals surface area contributed by atoms with E-state index in [0.717, 1.165) is 16.8 Å². The van der Waals surface area contributed by atoms with Gasteiger partial charge in [0.15, 0.2) is 17.1 Å². The van der Waals surface area contributed by atoms with Crippen LogP contribution >= 0.6 is 0 Å². The van der Waals surface area contributed by atoms with Crippen LogP contribution in [-0.2, 0) is 0 Å². The molecule has 0 spiro atoms. The number of aromatic nitrogens is 4. The van der Waals surface area contributed by atoms with Crippen molar-refractivity contribution in [3.63, 3.8) is 0 Å². The molecule has 34 heavy (non-hydrogen) atoms. The minimum Gasteiger partial charge on any atom is -0.493 e. The third-order valence-corrected chi connectivity index (χ3v) is 5.41. The van der Waals surface area contributed by atoms with Gasteiger partial charge in [0.05, 0.1) is 12.8 Å². The molecular weight excluding hydrogens is 434 g/mol. The van der Waals surface area contributed by atoms with E-state index in [9.17, 15) is 4.79 Å². The normalized spacial score (nSPS) is 10.9. The fourth-order valence-electron chi connectivity index (χ4n) is 3.48. The molecule has 0 unspecified atom stereocenters. The van der Waals surface area contributed by atoms with Gasteiger partial charge in [-0.3, -0.25) is 9.36 Å². The Labute approximate surface area is 195 Å². The number of imidazole rings is 1. The number of anilines is 1. The minimum atomic E-state index is -0.363. The lowest BCUT2D eigenvalue weighted by atomic mass is 10.2. The molecule has 0 saturated heterocycles. The van der Waals surface area contributed by atoms with Crippen LogP contribution in [-0.4, -0.2) is 32.5 Å². The summed E-state index contributed by atoms with van der Waals surface area (Å²) >= 11 is 0. The highest BCUT2D eigenvalue weighted by Gasteiger charge is 2.15. The molecule has 5 aromatic rings. The number of hydrogen-bond donors (Lipinski definition) is 1. The Bertz CT molecular complexity index is 1490. The number of ether oxygens (including phenoxy) is 2. The molecule has 9 nitrogen and oxygen atoms in total. The van der Waals surface area contributed by atoms with Gasteiger partial charge in [-0.25, -0.2) is 15.0 Å². The van der Waals surface area contributed by atoms with Gasteiger partial charge in [0.1, 0.15) is 24.2 Å². The maximum atomic E-state index is 12.7. The zero-order valence-corrected chi connectivity index (χ0v) is 18.8. The molecule has 0 saturated carbocycles. The average Bonchev–Trinajstić information content (AvgIpc) is 3.44. The number of para-hydroxylation sites is 1. The molecule has 0 aliphatic carbocycles. The van der Waals surface area contributed by atoms with Gasteiger partial charge < -0.3 is 19.2 Å². The van der Waals surface area contributed by atoms with Crippen LogP contribution in [0.5, 0.6) is 17.4 Å². The van der Waals surface area contributed by atoms with Crippen LogP contribution in [0, 0.1) is 13.8 Å². The van der Waals surface area contributed by atoms with Gasteiger partial charge in [-0.15, -0.1) is 0 Å². The quantitative estimate of drug-likeness (QED) is 0.381. The zero-order chi connectivity index (χ0) is 23.7. The van der Waals surface area contributed by atoms with Crippen molar-refractivity contribution in [3.05, 3.63) is 84.4 Å². The standard InChI is InChI=1S/C25H21N5O4/c1-15-16(2)30(14-28-15)22-12-23(27-13-26-22)33-19-9-7-18(8-10-19)29-25(31)21-11-17-5-4-6-20(32-3)24(17)34-21/h4-14H,1-3H3,(H,29,31). The summed E-state index contributed by atoms with van der Waals surface area (Å²) in [5.74, 6) is 2.02. The number of fused-ring (bicyclic) bond motifs is 1. The summed E-state index contributed by atoms with van der Waals surface area (Å²) in [5, 5.41) is 3.61. The van der Waals surface area contributed by atoms with Crippen molar-refractivity contribution in [2.75, 3.05) is 12.4 Å². The van der Waals surface area contributed by atoms with Crippen molar-refractivity contribution in [2.45, 2.75) is 13.8 Å². The zero-order valence-electron chi connectivity index (χ0n) is 18.8. The van der Waals surface area contributed by atoms with E-state index in [1.165, 1.54) is 6.33 Å². The maximum Gasteiger partial charge on any atom is 0.291 e. The number of nitrogens with one attached hydrogen (secondary N) is 1. The van der Waals surface area contributed by atoms with Crippen LogP contribution in [0.4, 0.5) is 5.69 Å². The average molecular weight is 455 g/mol. The molecule has 0 aliphatic rings. The molecule has 170 valence electrons. The molecule has 0 bridgehead atoms. The Morgan fingerprint density at radius 1 is 1.03 bits per heavy atom. The predicted molar refractivity (Wildman–Crippen MR) is 126 cm³/mol. The van der Waals surface area contributed by atoms with E-state index < -0.39 is 0 Å². The summed E-state index contributed by atoms with van der Waals surface area (Å²) in [5.41, 5.74) is 3.05. The van der Waals surface area contributed by atoms with Crippen molar-refractivity contribution in [1.29, 1.82) is 0 Å². The Balaban J connectivity index is 1.28. The second-order valence-corrected chi connectivity index (χ2v) is 7.57. The predicted octanol–water partition coefficient (Wildman–Crippen LogP) is 5.08. The number of nitrogens with zero attached hydrogens (tertiary/aromatic N) is 4. The SMILES string of the molecule is COc1cccc2cc(C(=O)Nc3ccc(Oc4cc(-n5cnc(C)c5C)ncn4)cc3)oc12. The van der Waals surface area contributed by atoms with Crippen molar-refractivity contribution in [2.24, 2.45) is 0 Å². The highest BCUT2D eigenvalue weighted by atomic mass is 16.5. The lowest BCUT2D eigenvalue weighted by molar-refractivity contribution is 0.0998. The van der Waals surface area contributed by atoms with E-state index in [2.05, 4.69) is 20.3 Å². The molecule has 1 amide bonds. The highest BCUT2D eigenvalue weighted by Crippen LogP contribution is 2.29. The number of carbonyl (C=O) groups is 1. The topological polar surface area (TPSA) is 104 Å². The van der Waals surface area contributed by atoms with E-state index >= 15 is 0 Å². The van der Waals surface area contributed by atoms with Gasteiger partial charge in [-0.2, -0.15) is 0 Å². The first-order valence-electron chi connectivity index (χ1n) is 10.5. The molecule has 2 aromatic carbocycles. The lowest BCUT2D eigenvalue weighted by Gasteiger charge is -2.09. The summed E-state index contributed by atoms with van der Waals surface area (Å²) < 4.78 is 18.7. The minimum absolute atomic E-state index is 0.193. The van der Waals surface area contributed by atoms with Crippen molar-refractivity contribution in [1.82, 2.24) is 19.5 Å². The second-order valence-electron chi connectivity index (χ2n) is 7.57. The number of benzene rings is 2.